The maximum atomic E-state index is 10.7. The van der Waals surface area contributed by atoms with E-state index in [1.54, 1.807) is 13.0 Å². The van der Waals surface area contributed by atoms with Crippen LogP contribution in [0, 0.1) is 11.3 Å². The van der Waals surface area contributed by atoms with E-state index in [9.17, 15) is 4.79 Å². The Bertz CT molecular complexity index is 366. The third-order valence-electron chi connectivity index (χ3n) is 1.84. The van der Waals surface area contributed by atoms with Gasteiger partial charge in [0.2, 0.25) is 0 Å². The minimum atomic E-state index is 0.145. The van der Waals surface area contributed by atoms with Crippen LogP contribution in [0.2, 0.25) is 0 Å². The Kier molecular flexibility index (Phi) is 3.69. The third-order valence-corrected chi connectivity index (χ3v) is 1.84. The third kappa shape index (κ3) is 2.91. The summed E-state index contributed by atoms with van der Waals surface area (Å²) in [5.74, 6) is 0.145. The quantitative estimate of drug-likeness (QED) is 0.785. The molecule has 0 saturated heterocycles. The summed E-state index contributed by atoms with van der Waals surface area (Å²) in [6.45, 7) is 2.13. The van der Waals surface area contributed by atoms with Gasteiger partial charge in [-0.3, -0.25) is 4.79 Å². The predicted molar refractivity (Wildman–Crippen MR) is 54.9 cm³/mol. The number of hydrogen-bond donors (Lipinski definition) is 1. The fourth-order valence-corrected chi connectivity index (χ4v) is 1.11. The molecule has 0 aromatic heterocycles. The molecule has 0 saturated carbocycles. The lowest BCUT2D eigenvalue weighted by atomic mass is 10.2. The van der Waals surface area contributed by atoms with E-state index in [0.717, 1.165) is 5.69 Å². The number of hydrogen-bond acceptors (Lipinski definition) is 3. The fourth-order valence-electron chi connectivity index (χ4n) is 1.11. The van der Waals surface area contributed by atoms with Gasteiger partial charge in [-0.25, -0.2) is 0 Å². The highest BCUT2D eigenvalue weighted by Crippen LogP contribution is 2.12. The Morgan fingerprint density at radius 2 is 2.21 bits per heavy atom. The standard InChI is InChI=1S/C11H12N2O/c1-9(14)6-7-13-11-5-3-2-4-10(11)8-12/h2-5,13H,6-7H2,1H3. The van der Waals surface area contributed by atoms with Crippen molar-refractivity contribution in [2.45, 2.75) is 13.3 Å². The smallest absolute Gasteiger partial charge is 0.131 e. The Hall–Kier alpha value is -1.82. The van der Waals surface area contributed by atoms with Crippen molar-refractivity contribution in [2.75, 3.05) is 11.9 Å². The van der Waals surface area contributed by atoms with Gasteiger partial charge >= 0.3 is 0 Å². The minimum absolute atomic E-state index is 0.145. The molecule has 1 aromatic rings. The Morgan fingerprint density at radius 1 is 1.50 bits per heavy atom. The van der Waals surface area contributed by atoms with Crippen LogP contribution in [-0.4, -0.2) is 12.3 Å². The molecule has 72 valence electrons. The molecule has 0 atom stereocenters. The Balaban J connectivity index is 2.59. The molecule has 0 spiro atoms. The van der Waals surface area contributed by atoms with Crippen molar-refractivity contribution < 1.29 is 4.79 Å². The van der Waals surface area contributed by atoms with Crippen molar-refractivity contribution in [1.29, 1.82) is 5.26 Å². The van der Waals surface area contributed by atoms with Gasteiger partial charge in [-0.15, -0.1) is 0 Å². The van der Waals surface area contributed by atoms with E-state index in [0.29, 0.717) is 18.5 Å². The van der Waals surface area contributed by atoms with Gasteiger partial charge in [0.05, 0.1) is 11.3 Å². The van der Waals surface area contributed by atoms with Crippen LogP contribution in [0.4, 0.5) is 5.69 Å². The first-order chi connectivity index (χ1) is 6.74. The zero-order chi connectivity index (χ0) is 10.4. The first kappa shape index (κ1) is 10.3. The monoisotopic (exact) mass is 188 g/mol. The molecule has 3 nitrogen and oxygen atoms in total. The molecule has 1 N–H and O–H groups in total. The molecule has 0 aliphatic heterocycles. The van der Waals surface area contributed by atoms with Gasteiger partial charge in [0, 0.05) is 13.0 Å². The second kappa shape index (κ2) is 5.03. The summed E-state index contributed by atoms with van der Waals surface area (Å²) in [4.78, 5) is 10.7. The van der Waals surface area contributed by atoms with Gasteiger partial charge in [0.15, 0.2) is 0 Å². The maximum absolute atomic E-state index is 10.7. The number of Topliss-reactive ketones (excluding diaryl/α,β-unsaturated/α-hetero) is 1. The number of nitriles is 1. The highest BCUT2D eigenvalue weighted by atomic mass is 16.1. The molecule has 0 fully saturated rings. The number of rotatable bonds is 4. The summed E-state index contributed by atoms with van der Waals surface area (Å²) in [5, 5.41) is 11.8. The van der Waals surface area contributed by atoms with Crippen LogP contribution in [0.5, 0.6) is 0 Å². The van der Waals surface area contributed by atoms with E-state index < -0.39 is 0 Å². The highest BCUT2D eigenvalue weighted by Gasteiger charge is 1.99. The number of carbonyl (C=O) groups excluding carboxylic acids is 1. The van der Waals surface area contributed by atoms with Crippen LogP contribution >= 0.6 is 0 Å². The summed E-state index contributed by atoms with van der Waals surface area (Å²) < 4.78 is 0. The van der Waals surface area contributed by atoms with Crippen LogP contribution in [-0.2, 0) is 4.79 Å². The molecule has 0 aliphatic rings. The van der Waals surface area contributed by atoms with Crippen molar-refractivity contribution in [3.05, 3.63) is 29.8 Å². The number of para-hydroxylation sites is 1. The number of benzene rings is 1. The van der Waals surface area contributed by atoms with Crippen LogP contribution in [0.3, 0.4) is 0 Å². The van der Waals surface area contributed by atoms with Gasteiger partial charge in [0.25, 0.3) is 0 Å². The van der Waals surface area contributed by atoms with Crippen LogP contribution in [0.25, 0.3) is 0 Å². The van der Waals surface area contributed by atoms with E-state index in [2.05, 4.69) is 11.4 Å². The first-order valence-electron chi connectivity index (χ1n) is 4.46. The first-order valence-corrected chi connectivity index (χ1v) is 4.46. The van der Waals surface area contributed by atoms with E-state index >= 15 is 0 Å². The zero-order valence-corrected chi connectivity index (χ0v) is 8.08. The number of nitrogens with zero attached hydrogens (tertiary/aromatic N) is 1. The second-order valence-electron chi connectivity index (χ2n) is 3.04. The van der Waals surface area contributed by atoms with E-state index in [1.165, 1.54) is 0 Å². The van der Waals surface area contributed by atoms with Gasteiger partial charge in [-0.05, 0) is 19.1 Å². The summed E-state index contributed by atoms with van der Waals surface area (Å²) >= 11 is 0. The topological polar surface area (TPSA) is 52.9 Å². The van der Waals surface area contributed by atoms with E-state index in [4.69, 9.17) is 5.26 Å². The van der Waals surface area contributed by atoms with Gasteiger partial charge in [-0.2, -0.15) is 5.26 Å². The molecule has 0 amide bonds. The molecule has 3 heteroatoms. The molecule has 0 bridgehead atoms. The van der Waals surface area contributed by atoms with Crippen molar-refractivity contribution in [1.82, 2.24) is 0 Å². The van der Waals surface area contributed by atoms with Crippen molar-refractivity contribution in [3.8, 4) is 6.07 Å². The Morgan fingerprint density at radius 3 is 2.86 bits per heavy atom. The molecule has 0 aliphatic carbocycles. The van der Waals surface area contributed by atoms with Crippen molar-refractivity contribution >= 4 is 11.5 Å². The van der Waals surface area contributed by atoms with E-state index in [-0.39, 0.29) is 5.78 Å². The molecule has 0 unspecified atom stereocenters. The van der Waals surface area contributed by atoms with Gasteiger partial charge in [-0.1, -0.05) is 12.1 Å². The summed E-state index contributed by atoms with van der Waals surface area (Å²) in [6.07, 6.45) is 0.486. The van der Waals surface area contributed by atoms with E-state index in [1.807, 2.05) is 18.2 Å². The molecule has 1 aromatic carbocycles. The molecule has 14 heavy (non-hydrogen) atoms. The molecule has 1 rings (SSSR count). The predicted octanol–water partition coefficient (Wildman–Crippen LogP) is 1.95. The Labute approximate surface area is 83.4 Å². The number of carbonyl (C=O) groups is 1. The number of nitrogens with one attached hydrogen (secondary N) is 1. The number of ketones is 1. The molecule has 0 radical (unpaired) electrons. The largest absolute Gasteiger partial charge is 0.384 e. The fraction of sp³-hybridized carbons (Fsp3) is 0.273. The average molecular weight is 188 g/mol. The second-order valence-corrected chi connectivity index (χ2v) is 3.04. The summed E-state index contributed by atoms with van der Waals surface area (Å²) in [7, 11) is 0. The number of anilines is 1. The van der Waals surface area contributed by atoms with Crippen LogP contribution in [0.15, 0.2) is 24.3 Å². The lowest BCUT2D eigenvalue weighted by molar-refractivity contribution is -0.116. The van der Waals surface area contributed by atoms with Crippen molar-refractivity contribution in [3.63, 3.8) is 0 Å². The summed E-state index contributed by atoms with van der Waals surface area (Å²) in [6, 6.07) is 9.34. The lowest BCUT2D eigenvalue weighted by Gasteiger charge is -2.05. The lowest BCUT2D eigenvalue weighted by Crippen LogP contribution is -2.06. The average Bonchev–Trinajstić information content (AvgIpc) is 2.18. The zero-order valence-electron chi connectivity index (χ0n) is 8.08. The normalized spacial score (nSPS) is 9.14. The summed E-state index contributed by atoms with van der Waals surface area (Å²) in [5.41, 5.74) is 1.40. The van der Waals surface area contributed by atoms with Crippen molar-refractivity contribution in [2.24, 2.45) is 0 Å². The minimum Gasteiger partial charge on any atom is -0.384 e. The molecule has 0 heterocycles. The molecular formula is C11H12N2O. The van der Waals surface area contributed by atoms with Gasteiger partial charge in [0.1, 0.15) is 11.9 Å². The highest BCUT2D eigenvalue weighted by molar-refractivity contribution is 5.76. The maximum Gasteiger partial charge on any atom is 0.131 e. The van der Waals surface area contributed by atoms with Crippen LogP contribution in [0.1, 0.15) is 18.9 Å². The molecular weight excluding hydrogens is 176 g/mol. The van der Waals surface area contributed by atoms with Gasteiger partial charge < -0.3 is 5.32 Å². The van der Waals surface area contributed by atoms with Crippen LogP contribution < -0.4 is 5.32 Å². The SMILES string of the molecule is CC(=O)CCNc1ccccc1C#N.